The van der Waals surface area contributed by atoms with E-state index >= 15 is 0 Å². The molecule has 0 aromatic heterocycles. The molecule has 74 valence electrons. The number of aliphatic carboxylic acids is 1. The second-order valence-corrected chi connectivity index (χ2v) is 3.88. The molecule has 1 saturated carbocycles. The van der Waals surface area contributed by atoms with E-state index in [1.807, 2.05) is 0 Å². The highest BCUT2D eigenvalue weighted by Crippen LogP contribution is 2.47. The van der Waals surface area contributed by atoms with Crippen molar-refractivity contribution in [3.8, 4) is 0 Å². The van der Waals surface area contributed by atoms with E-state index < -0.39 is 5.97 Å². The van der Waals surface area contributed by atoms with Gasteiger partial charge in [-0.15, -0.1) is 0 Å². The zero-order valence-electron chi connectivity index (χ0n) is 8.23. The molecule has 0 spiro atoms. The van der Waals surface area contributed by atoms with Crippen molar-refractivity contribution < 1.29 is 9.90 Å². The molecule has 2 rings (SSSR count). The molecule has 1 aliphatic carbocycles. The smallest absolute Gasteiger partial charge is 0.307 e. The number of hydrogen-bond donors (Lipinski definition) is 1. The maximum atomic E-state index is 10.7. The van der Waals surface area contributed by atoms with Crippen LogP contribution in [0.1, 0.15) is 30.4 Å². The summed E-state index contributed by atoms with van der Waals surface area (Å²) in [7, 11) is 0. The Balaban J connectivity index is 2.08. The van der Waals surface area contributed by atoms with Crippen molar-refractivity contribution in [3.05, 3.63) is 35.4 Å². The average molecular weight is 190 g/mol. The van der Waals surface area contributed by atoms with Gasteiger partial charge in [-0.25, -0.2) is 0 Å². The van der Waals surface area contributed by atoms with Crippen molar-refractivity contribution in [2.45, 2.75) is 25.7 Å². The molecule has 0 heterocycles. The largest absolute Gasteiger partial charge is 0.481 e. The molecule has 1 aromatic carbocycles. The Morgan fingerprint density at radius 1 is 1.43 bits per heavy atom. The molecule has 2 heteroatoms. The standard InChI is InChI=1S/C12H14O2/c1-2-8-3-5-9(6-4-8)10-7-11(10)12(13)14/h3-6,10-11H,2,7H2,1H3,(H,13,14)/t10-,11+/m1/s1. The summed E-state index contributed by atoms with van der Waals surface area (Å²) in [6.07, 6.45) is 1.84. The van der Waals surface area contributed by atoms with Crippen LogP contribution in [0.2, 0.25) is 0 Å². The van der Waals surface area contributed by atoms with E-state index in [9.17, 15) is 4.79 Å². The highest BCUT2D eigenvalue weighted by molar-refractivity contribution is 5.75. The number of hydrogen-bond acceptors (Lipinski definition) is 1. The number of carboxylic acid groups (broad SMARTS) is 1. The Morgan fingerprint density at radius 2 is 2.07 bits per heavy atom. The van der Waals surface area contributed by atoms with Crippen molar-refractivity contribution in [2.24, 2.45) is 5.92 Å². The quantitative estimate of drug-likeness (QED) is 0.794. The summed E-state index contributed by atoms with van der Waals surface area (Å²) < 4.78 is 0. The molecule has 2 atom stereocenters. The minimum atomic E-state index is -0.658. The van der Waals surface area contributed by atoms with E-state index in [4.69, 9.17) is 5.11 Å². The molecule has 0 bridgehead atoms. The van der Waals surface area contributed by atoms with Crippen LogP contribution in [0.15, 0.2) is 24.3 Å². The molecule has 0 radical (unpaired) electrons. The van der Waals surface area contributed by atoms with Crippen molar-refractivity contribution >= 4 is 5.97 Å². The normalized spacial score (nSPS) is 24.6. The predicted molar refractivity (Wildman–Crippen MR) is 54.3 cm³/mol. The maximum Gasteiger partial charge on any atom is 0.307 e. The Kier molecular flexibility index (Phi) is 2.28. The van der Waals surface area contributed by atoms with Gasteiger partial charge >= 0.3 is 5.97 Å². The Hall–Kier alpha value is -1.31. The molecular formula is C12H14O2. The molecule has 0 amide bonds. The van der Waals surface area contributed by atoms with Gasteiger partial charge in [-0.3, -0.25) is 4.79 Å². The summed E-state index contributed by atoms with van der Waals surface area (Å²) in [5, 5.41) is 8.79. The molecule has 1 N–H and O–H groups in total. The van der Waals surface area contributed by atoms with Crippen LogP contribution in [0.25, 0.3) is 0 Å². The van der Waals surface area contributed by atoms with Gasteiger partial charge in [-0.2, -0.15) is 0 Å². The Labute approximate surface area is 83.6 Å². The van der Waals surface area contributed by atoms with E-state index in [2.05, 4.69) is 31.2 Å². The van der Waals surface area contributed by atoms with E-state index in [0.29, 0.717) is 0 Å². The molecular weight excluding hydrogens is 176 g/mol. The monoisotopic (exact) mass is 190 g/mol. The fourth-order valence-corrected chi connectivity index (χ4v) is 1.84. The average Bonchev–Trinajstić information content (AvgIpc) is 2.97. The van der Waals surface area contributed by atoms with Crippen LogP contribution >= 0.6 is 0 Å². The molecule has 14 heavy (non-hydrogen) atoms. The van der Waals surface area contributed by atoms with Crippen LogP contribution < -0.4 is 0 Å². The second kappa shape index (κ2) is 3.45. The minimum Gasteiger partial charge on any atom is -0.481 e. The first-order valence-corrected chi connectivity index (χ1v) is 5.04. The number of benzene rings is 1. The summed E-state index contributed by atoms with van der Waals surface area (Å²) in [5.41, 5.74) is 2.48. The lowest BCUT2D eigenvalue weighted by Crippen LogP contribution is -1.98. The molecule has 0 aliphatic heterocycles. The summed E-state index contributed by atoms with van der Waals surface area (Å²) in [6.45, 7) is 2.12. The lowest BCUT2D eigenvalue weighted by molar-refractivity contribution is -0.138. The highest BCUT2D eigenvalue weighted by Gasteiger charge is 2.43. The topological polar surface area (TPSA) is 37.3 Å². The molecule has 0 unspecified atom stereocenters. The zero-order chi connectivity index (χ0) is 10.1. The third-order valence-corrected chi connectivity index (χ3v) is 2.92. The van der Waals surface area contributed by atoms with Crippen molar-refractivity contribution in [1.29, 1.82) is 0 Å². The lowest BCUT2D eigenvalue weighted by Gasteiger charge is -2.00. The van der Waals surface area contributed by atoms with Gasteiger partial charge in [-0.1, -0.05) is 31.2 Å². The first kappa shape index (κ1) is 9.25. The van der Waals surface area contributed by atoms with Crippen molar-refractivity contribution in [3.63, 3.8) is 0 Å². The summed E-state index contributed by atoms with van der Waals surface area (Å²) >= 11 is 0. The SMILES string of the molecule is CCc1ccc([C@H]2C[C@@H]2C(=O)O)cc1. The lowest BCUT2D eigenvalue weighted by atomic mass is 10.1. The van der Waals surface area contributed by atoms with E-state index in [1.165, 1.54) is 11.1 Å². The summed E-state index contributed by atoms with van der Waals surface area (Å²) in [5.74, 6) is -0.532. The predicted octanol–water partition coefficient (Wildman–Crippen LogP) is 2.44. The number of carboxylic acids is 1. The van der Waals surface area contributed by atoms with E-state index in [0.717, 1.165) is 12.8 Å². The van der Waals surface area contributed by atoms with Gasteiger partial charge in [0, 0.05) is 0 Å². The fraction of sp³-hybridized carbons (Fsp3) is 0.417. The molecule has 1 fully saturated rings. The molecule has 1 aliphatic rings. The first-order valence-electron chi connectivity index (χ1n) is 5.04. The minimum absolute atomic E-state index is 0.137. The summed E-state index contributed by atoms with van der Waals surface area (Å²) in [4.78, 5) is 10.7. The van der Waals surface area contributed by atoms with E-state index in [1.54, 1.807) is 0 Å². The summed E-state index contributed by atoms with van der Waals surface area (Å²) in [6, 6.07) is 8.30. The van der Waals surface area contributed by atoms with Crippen LogP contribution in [0, 0.1) is 5.92 Å². The van der Waals surface area contributed by atoms with Gasteiger partial charge in [0.2, 0.25) is 0 Å². The van der Waals surface area contributed by atoms with Gasteiger partial charge in [0.1, 0.15) is 0 Å². The molecule has 1 aromatic rings. The Bertz CT molecular complexity index is 340. The van der Waals surface area contributed by atoms with E-state index in [-0.39, 0.29) is 11.8 Å². The molecule has 0 saturated heterocycles. The third kappa shape index (κ3) is 1.65. The van der Waals surface area contributed by atoms with Gasteiger partial charge < -0.3 is 5.11 Å². The highest BCUT2D eigenvalue weighted by atomic mass is 16.4. The van der Waals surface area contributed by atoms with Crippen LogP contribution in [0.5, 0.6) is 0 Å². The maximum absolute atomic E-state index is 10.7. The number of carbonyl (C=O) groups is 1. The molecule has 2 nitrogen and oxygen atoms in total. The zero-order valence-corrected chi connectivity index (χ0v) is 8.23. The van der Waals surface area contributed by atoms with Crippen LogP contribution in [-0.2, 0) is 11.2 Å². The van der Waals surface area contributed by atoms with Gasteiger partial charge in [0.05, 0.1) is 5.92 Å². The van der Waals surface area contributed by atoms with Crippen molar-refractivity contribution in [2.75, 3.05) is 0 Å². The third-order valence-electron chi connectivity index (χ3n) is 2.92. The van der Waals surface area contributed by atoms with Crippen LogP contribution in [-0.4, -0.2) is 11.1 Å². The second-order valence-electron chi connectivity index (χ2n) is 3.88. The fourth-order valence-electron chi connectivity index (χ4n) is 1.84. The van der Waals surface area contributed by atoms with Crippen molar-refractivity contribution in [1.82, 2.24) is 0 Å². The first-order chi connectivity index (χ1) is 6.72. The van der Waals surface area contributed by atoms with Gasteiger partial charge in [-0.05, 0) is 29.9 Å². The number of aryl methyl sites for hydroxylation is 1. The number of rotatable bonds is 3. The Morgan fingerprint density at radius 3 is 2.50 bits per heavy atom. The van der Waals surface area contributed by atoms with Crippen LogP contribution in [0.3, 0.4) is 0 Å². The van der Waals surface area contributed by atoms with Gasteiger partial charge in [0.15, 0.2) is 0 Å². The van der Waals surface area contributed by atoms with Gasteiger partial charge in [0.25, 0.3) is 0 Å². The van der Waals surface area contributed by atoms with Crippen LogP contribution in [0.4, 0.5) is 0 Å².